The molecular formula is C27H25NO3. The second-order valence-corrected chi connectivity index (χ2v) is 7.61. The molecule has 4 rings (SSSR count). The summed E-state index contributed by atoms with van der Waals surface area (Å²) >= 11 is 0. The number of carbonyl (C=O) groups is 1. The maximum atomic E-state index is 11.4. The summed E-state index contributed by atoms with van der Waals surface area (Å²) in [6, 6.07) is 30.3. The van der Waals surface area contributed by atoms with E-state index in [0.29, 0.717) is 6.42 Å². The first kappa shape index (κ1) is 20.6. The Morgan fingerprint density at radius 1 is 0.839 bits per heavy atom. The lowest BCUT2D eigenvalue weighted by Crippen LogP contribution is -2.31. The van der Waals surface area contributed by atoms with Gasteiger partial charge in [0.25, 0.3) is 0 Å². The van der Waals surface area contributed by atoms with Crippen molar-refractivity contribution in [3.05, 3.63) is 119 Å². The van der Waals surface area contributed by atoms with Crippen LogP contribution in [-0.4, -0.2) is 17.8 Å². The van der Waals surface area contributed by atoms with Crippen molar-refractivity contribution in [3.63, 3.8) is 0 Å². The van der Waals surface area contributed by atoms with Gasteiger partial charge >= 0.3 is 5.97 Å². The molecule has 0 saturated heterocycles. The van der Waals surface area contributed by atoms with Crippen molar-refractivity contribution < 1.29 is 14.4 Å². The Morgan fingerprint density at radius 2 is 1.29 bits per heavy atom. The summed E-state index contributed by atoms with van der Waals surface area (Å²) in [5.41, 5.74) is 3.75. The number of oxime groups is 1. The number of ether oxygens (including phenoxy) is 1. The zero-order valence-electron chi connectivity index (χ0n) is 17.7. The highest BCUT2D eigenvalue weighted by molar-refractivity contribution is 6.02. The van der Waals surface area contributed by atoms with Crippen LogP contribution in [0, 0.1) is 0 Å². The highest BCUT2D eigenvalue weighted by Crippen LogP contribution is 2.41. The molecule has 0 radical (unpaired) electrons. The minimum absolute atomic E-state index is 0.302. The zero-order valence-corrected chi connectivity index (χ0v) is 17.7. The second kappa shape index (κ2) is 9.00. The predicted octanol–water partition coefficient (Wildman–Crippen LogP) is 5.63. The number of benzene rings is 3. The molecule has 0 aliphatic heterocycles. The third-order valence-corrected chi connectivity index (χ3v) is 5.44. The minimum Gasteiger partial charge on any atom is -0.458 e. The molecule has 0 saturated carbocycles. The molecule has 1 atom stereocenters. The lowest BCUT2D eigenvalue weighted by atomic mass is 9.80. The maximum absolute atomic E-state index is 11.4. The van der Waals surface area contributed by atoms with Gasteiger partial charge in [0.1, 0.15) is 6.10 Å². The molecule has 0 fully saturated rings. The van der Waals surface area contributed by atoms with Crippen molar-refractivity contribution in [2.75, 3.05) is 0 Å². The number of carbonyl (C=O) groups excluding carboxylic acids is 1. The Morgan fingerprint density at radius 3 is 1.71 bits per heavy atom. The van der Waals surface area contributed by atoms with Gasteiger partial charge in [-0.1, -0.05) is 96.2 Å². The lowest BCUT2D eigenvalue weighted by Gasteiger charge is -2.33. The normalized spacial score (nSPS) is 17.3. The summed E-state index contributed by atoms with van der Waals surface area (Å²) in [6.45, 7) is 3.38. The van der Waals surface area contributed by atoms with Crippen molar-refractivity contribution in [3.8, 4) is 0 Å². The van der Waals surface area contributed by atoms with Crippen LogP contribution >= 0.6 is 0 Å². The average molecular weight is 412 g/mol. The summed E-state index contributed by atoms with van der Waals surface area (Å²) in [4.78, 5) is 17.9. The Bertz CT molecular complexity index is 992. The third kappa shape index (κ3) is 4.29. The fourth-order valence-corrected chi connectivity index (χ4v) is 3.98. The van der Waals surface area contributed by atoms with E-state index in [1.54, 1.807) is 0 Å². The lowest BCUT2D eigenvalue weighted by molar-refractivity contribution is -0.143. The Balaban J connectivity index is 1.82. The van der Waals surface area contributed by atoms with E-state index in [1.807, 2.05) is 67.6 Å². The molecule has 0 N–H and O–H groups in total. The van der Waals surface area contributed by atoms with Gasteiger partial charge in [-0.25, -0.2) is 0 Å². The van der Waals surface area contributed by atoms with Crippen LogP contribution in [0.1, 0.15) is 37.0 Å². The van der Waals surface area contributed by atoms with Crippen molar-refractivity contribution >= 4 is 11.7 Å². The minimum atomic E-state index is -0.920. The molecule has 1 aliphatic rings. The number of nitrogens with zero attached hydrogens (tertiary/aromatic N) is 1. The number of hydrogen-bond donors (Lipinski definition) is 0. The van der Waals surface area contributed by atoms with Gasteiger partial charge in [-0.3, -0.25) is 4.79 Å². The fourth-order valence-electron chi connectivity index (χ4n) is 3.98. The summed E-state index contributed by atoms with van der Waals surface area (Å²) in [5.74, 6) is -0.302. The number of hydrogen-bond acceptors (Lipinski definition) is 4. The topological polar surface area (TPSA) is 47.9 Å². The molecule has 1 aliphatic carbocycles. The molecule has 31 heavy (non-hydrogen) atoms. The predicted molar refractivity (Wildman–Crippen MR) is 122 cm³/mol. The van der Waals surface area contributed by atoms with Crippen molar-refractivity contribution in [1.82, 2.24) is 0 Å². The molecule has 156 valence electrons. The molecule has 0 unspecified atom stereocenters. The maximum Gasteiger partial charge on any atom is 0.303 e. The molecule has 3 aromatic carbocycles. The standard InChI is InChI=1S/C27H25NO3/c1-20-18-25(30-21(2)29)19-26(20)28-31-27(22-12-6-3-7-13-22,23-14-8-4-9-15-23)24-16-10-5-11-17-24/h3-18,25H,19H2,1-2H3/b28-26+/t25-/m0/s1. The van der Waals surface area contributed by atoms with Gasteiger partial charge in [0, 0.05) is 30.0 Å². The van der Waals surface area contributed by atoms with Gasteiger partial charge < -0.3 is 9.57 Å². The molecule has 0 heterocycles. The molecule has 4 heteroatoms. The van der Waals surface area contributed by atoms with E-state index in [0.717, 1.165) is 28.0 Å². The van der Waals surface area contributed by atoms with E-state index in [4.69, 9.17) is 9.57 Å². The number of esters is 1. The largest absolute Gasteiger partial charge is 0.458 e. The number of rotatable bonds is 6. The Kier molecular flexibility index (Phi) is 5.99. The van der Waals surface area contributed by atoms with E-state index in [1.165, 1.54) is 6.92 Å². The van der Waals surface area contributed by atoms with Crippen LogP contribution in [0.4, 0.5) is 0 Å². The summed E-state index contributed by atoms with van der Waals surface area (Å²) in [7, 11) is 0. The van der Waals surface area contributed by atoms with Crippen LogP contribution in [0.15, 0.2) is 108 Å². The third-order valence-electron chi connectivity index (χ3n) is 5.44. The van der Waals surface area contributed by atoms with Crippen molar-refractivity contribution in [2.45, 2.75) is 32.0 Å². The van der Waals surface area contributed by atoms with E-state index < -0.39 is 5.60 Å². The molecular weight excluding hydrogens is 386 g/mol. The average Bonchev–Trinajstić information content (AvgIpc) is 3.14. The first-order chi connectivity index (χ1) is 15.1. The van der Waals surface area contributed by atoms with Crippen LogP contribution in [0.25, 0.3) is 0 Å². The smallest absolute Gasteiger partial charge is 0.303 e. The van der Waals surface area contributed by atoms with E-state index in [2.05, 4.69) is 41.6 Å². The van der Waals surface area contributed by atoms with Crippen molar-refractivity contribution in [2.24, 2.45) is 5.16 Å². The highest BCUT2D eigenvalue weighted by Gasteiger charge is 2.40. The Labute approximate surface area is 182 Å². The van der Waals surface area contributed by atoms with E-state index in [9.17, 15) is 4.79 Å². The van der Waals surface area contributed by atoms with Crippen LogP contribution < -0.4 is 0 Å². The SMILES string of the molecule is CC(=O)O[C@H]1C=C(C)/C(=N/OC(c2ccccc2)(c2ccccc2)c2ccccc2)C1. The summed E-state index contributed by atoms with van der Waals surface area (Å²) in [5, 5.41) is 4.62. The zero-order chi connectivity index (χ0) is 21.7. The quantitative estimate of drug-likeness (QED) is 0.300. The molecule has 0 amide bonds. The van der Waals surface area contributed by atoms with E-state index in [-0.39, 0.29) is 12.1 Å². The van der Waals surface area contributed by atoms with E-state index >= 15 is 0 Å². The molecule has 0 aromatic heterocycles. The molecule has 0 bridgehead atoms. The first-order valence-corrected chi connectivity index (χ1v) is 10.4. The molecule has 3 aromatic rings. The molecule has 4 nitrogen and oxygen atoms in total. The highest BCUT2D eigenvalue weighted by atomic mass is 16.7. The van der Waals surface area contributed by atoms with Gasteiger partial charge in [0.15, 0.2) is 0 Å². The van der Waals surface area contributed by atoms with Crippen molar-refractivity contribution in [1.29, 1.82) is 0 Å². The van der Waals surface area contributed by atoms with Gasteiger partial charge in [0.05, 0.1) is 5.71 Å². The van der Waals surface area contributed by atoms with Gasteiger partial charge in [0.2, 0.25) is 5.60 Å². The van der Waals surface area contributed by atoms with Crippen LogP contribution in [0.3, 0.4) is 0 Å². The Hall–Kier alpha value is -3.66. The van der Waals surface area contributed by atoms with Crippen LogP contribution in [0.5, 0.6) is 0 Å². The van der Waals surface area contributed by atoms with Crippen LogP contribution in [-0.2, 0) is 20.0 Å². The summed E-state index contributed by atoms with van der Waals surface area (Å²) < 4.78 is 5.35. The van der Waals surface area contributed by atoms with Crippen LogP contribution in [0.2, 0.25) is 0 Å². The first-order valence-electron chi connectivity index (χ1n) is 10.4. The number of allylic oxidation sites excluding steroid dienone is 1. The summed E-state index contributed by atoms with van der Waals surface area (Å²) in [6.07, 6.45) is 2.11. The fraction of sp³-hybridized carbons (Fsp3) is 0.185. The van der Waals surface area contributed by atoms with Gasteiger partial charge in [-0.2, -0.15) is 0 Å². The van der Waals surface area contributed by atoms with Gasteiger partial charge in [-0.05, 0) is 18.6 Å². The molecule has 0 spiro atoms. The van der Waals surface area contributed by atoms with Gasteiger partial charge in [-0.15, -0.1) is 0 Å². The monoisotopic (exact) mass is 411 g/mol. The second-order valence-electron chi connectivity index (χ2n) is 7.61.